The molecule has 0 radical (unpaired) electrons. The van der Waals surface area contributed by atoms with E-state index in [0.29, 0.717) is 6.54 Å². The minimum absolute atomic E-state index is 0.622. The molecule has 0 bridgehead atoms. The summed E-state index contributed by atoms with van der Waals surface area (Å²) in [5, 5.41) is 1.08. The van der Waals surface area contributed by atoms with Crippen LogP contribution in [0.2, 0.25) is 0 Å². The number of ether oxygens (including phenoxy) is 2. The van der Waals surface area contributed by atoms with Crippen molar-refractivity contribution in [2.24, 2.45) is 5.73 Å². The Kier molecular flexibility index (Phi) is 3.26. The number of aromatic nitrogens is 1. The maximum Gasteiger partial charge on any atom is 0.149 e. The number of benzene rings is 1. The molecule has 0 spiro atoms. The maximum atomic E-state index is 5.57. The standard InChI is InChI=1S/C11H14N2O2S/c1-14-7-5-8-10(3-4-12)16-13-11(8)9(6-7)15-2/h5-6H,3-4,12H2,1-2H3. The van der Waals surface area contributed by atoms with Gasteiger partial charge < -0.3 is 15.2 Å². The summed E-state index contributed by atoms with van der Waals surface area (Å²) in [7, 11) is 3.28. The Hall–Kier alpha value is -1.33. The Bertz CT molecular complexity index is 496. The summed E-state index contributed by atoms with van der Waals surface area (Å²) >= 11 is 1.47. The summed E-state index contributed by atoms with van der Waals surface area (Å²) in [6.45, 7) is 0.622. The number of methoxy groups -OCH3 is 2. The second-order valence-corrected chi connectivity index (χ2v) is 4.23. The van der Waals surface area contributed by atoms with Gasteiger partial charge in [-0.2, -0.15) is 4.37 Å². The first kappa shape index (κ1) is 11.2. The van der Waals surface area contributed by atoms with Gasteiger partial charge >= 0.3 is 0 Å². The summed E-state index contributed by atoms with van der Waals surface area (Å²) in [6.07, 6.45) is 0.831. The molecule has 0 unspecified atom stereocenters. The SMILES string of the molecule is COc1cc(OC)c2nsc(CCN)c2c1. The van der Waals surface area contributed by atoms with E-state index in [0.717, 1.165) is 28.8 Å². The van der Waals surface area contributed by atoms with Crippen LogP contribution in [0, 0.1) is 0 Å². The van der Waals surface area contributed by atoms with Gasteiger partial charge in [0.05, 0.1) is 14.2 Å². The van der Waals surface area contributed by atoms with E-state index in [1.807, 2.05) is 12.1 Å². The Morgan fingerprint density at radius 1 is 1.31 bits per heavy atom. The van der Waals surface area contributed by atoms with E-state index in [4.69, 9.17) is 15.2 Å². The molecule has 1 heterocycles. The van der Waals surface area contributed by atoms with Crippen molar-refractivity contribution in [1.29, 1.82) is 0 Å². The molecule has 0 saturated carbocycles. The van der Waals surface area contributed by atoms with Crippen LogP contribution in [-0.2, 0) is 6.42 Å². The van der Waals surface area contributed by atoms with Crippen LogP contribution in [0.1, 0.15) is 4.88 Å². The molecule has 2 N–H and O–H groups in total. The number of nitrogens with two attached hydrogens (primary N) is 1. The lowest BCUT2D eigenvalue weighted by Crippen LogP contribution is -2.01. The van der Waals surface area contributed by atoms with Crippen molar-refractivity contribution in [3.05, 3.63) is 17.0 Å². The molecule has 5 heteroatoms. The summed E-state index contributed by atoms with van der Waals surface area (Å²) in [4.78, 5) is 1.18. The highest BCUT2D eigenvalue weighted by molar-refractivity contribution is 7.07. The van der Waals surface area contributed by atoms with Gasteiger partial charge in [0.25, 0.3) is 0 Å². The van der Waals surface area contributed by atoms with Gasteiger partial charge in [0.1, 0.15) is 17.0 Å². The summed E-state index contributed by atoms with van der Waals surface area (Å²) in [5.74, 6) is 1.52. The summed E-state index contributed by atoms with van der Waals surface area (Å²) in [6, 6.07) is 3.82. The van der Waals surface area contributed by atoms with Gasteiger partial charge in [-0.1, -0.05) is 0 Å². The second-order valence-electron chi connectivity index (χ2n) is 3.37. The van der Waals surface area contributed by atoms with Crippen molar-refractivity contribution in [1.82, 2.24) is 4.37 Å². The molecule has 1 aromatic heterocycles. The highest BCUT2D eigenvalue weighted by Gasteiger charge is 2.12. The van der Waals surface area contributed by atoms with E-state index in [2.05, 4.69) is 4.37 Å². The molecule has 2 aromatic rings. The van der Waals surface area contributed by atoms with Crippen LogP contribution in [0.4, 0.5) is 0 Å². The number of hydrogen-bond acceptors (Lipinski definition) is 5. The quantitative estimate of drug-likeness (QED) is 0.882. The van der Waals surface area contributed by atoms with Crippen LogP contribution in [0.15, 0.2) is 12.1 Å². The van der Waals surface area contributed by atoms with E-state index < -0.39 is 0 Å². The van der Waals surface area contributed by atoms with Crippen LogP contribution in [0.25, 0.3) is 10.9 Å². The number of nitrogens with zero attached hydrogens (tertiary/aromatic N) is 1. The maximum absolute atomic E-state index is 5.57. The first-order valence-corrected chi connectivity index (χ1v) is 5.77. The molecule has 86 valence electrons. The Morgan fingerprint density at radius 3 is 2.75 bits per heavy atom. The molecule has 0 saturated heterocycles. The molecule has 0 aliphatic heterocycles. The second kappa shape index (κ2) is 4.67. The lowest BCUT2D eigenvalue weighted by molar-refractivity contribution is 0.397. The Balaban J connectivity index is 2.62. The summed E-state index contributed by atoms with van der Waals surface area (Å²) in [5.41, 5.74) is 6.45. The molecule has 0 atom stereocenters. The van der Waals surface area contributed by atoms with Crippen molar-refractivity contribution in [2.75, 3.05) is 20.8 Å². The molecule has 2 rings (SSSR count). The van der Waals surface area contributed by atoms with E-state index in [9.17, 15) is 0 Å². The largest absolute Gasteiger partial charge is 0.497 e. The zero-order valence-electron chi connectivity index (χ0n) is 9.32. The number of hydrogen-bond donors (Lipinski definition) is 1. The zero-order valence-corrected chi connectivity index (χ0v) is 10.1. The number of fused-ring (bicyclic) bond motifs is 1. The predicted molar refractivity (Wildman–Crippen MR) is 65.5 cm³/mol. The minimum Gasteiger partial charge on any atom is -0.497 e. The van der Waals surface area contributed by atoms with Crippen LogP contribution in [0.5, 0.6) is 11.5 Å². The molecule has 16 heavy (non-hydrogen) atoms. The minimum atomic E-state index is 0.622. The van der Waals surface area contributed by atoms with E-state index in [-0.39, 0.29) is 0 Å². The van der Waals surface area contributed by atoms with Gasteiger partial charge in [0, 0.05) is 16.3 Å². The molecule has 0 aliphatic rings. The van der Waals surface area contributed by atoms with Crippen LogP contribution in [-0.4, -0.2) is 25.1 Å². The molecule has 0 aliphatic carbocycles. The summed E-state index contributed by atoms with van der Waals surface area (Å²) < 4.78 is 14.9. The fraction of sp³-hybridized carbons (Fsp3) is 0.364. The van der Waals surface area contributed by atoms with Crippen molar-refractivity contribution in [2.45, 2.75) is 6.42 Å². The molecular weight excluding hydrogens is 224 g/mol. The van der Waals surface area contributed by atoms with Gasteiger partial charge in [-0.25, -0.2) is 0 Å². The van der Waals surface area contributed by atoms with Gasteiger partial charge in [0.2, 0.25) is 0 Å². The third kappa shape index (κ3) is 1.83. The van der Waals surface area contributed by atoms with Crippen molar-refractivity contribution in [3.8, 4) is 11.5 Å². The number of rotatable bonds is 4. The molecule has 0 fully saturated rings. The van der Waals surface area contributed by atoms with Gasteiger partial charge in [-0.05, 0) is 30.6 Å². The third-order valence-corrected chi connectivity index (χ3v) is 3.34. The third-order valence-electron chi connectivity index (χ3n) is 2.42. The molecule has 0 amide bonds. The van der Waals surface area contributed by atoms with Crippen molar-refractivity contribution < 1.29 is 9.47 Å². The van der Waals surface area contributed by atoms with Crippen LogP contribution >= 0.6 is 11.5 Å². The Morgan fingerprint density at radius 2 is 2.12 bits per heavy atom. The molecule has 4 nitrogen and oxygen atoms in total. The van der Waals surface area contributed by atoms with Crippen molar-refractivity contribution >= 4 is 22.4 Å². The predicted octanol–water partition coefficient (Wildman–Crippen LogP) is 1.81. The van der Waals surface area contributed by atoms with E-state index in [1.54, 1.807) is 14.2 Å². The Labute approximate surface area is 98.1 Å². The highest BCUT2D eigenvalue weighted by atomic mass is 32.1. The lowest BCUT2D eigenvalue weighted by atomic mass is 10.1. The topological polar surface area (TPSA) is 57.4 Å². The normalized spacial score (nSPS) is 10.7. The average Bonchev–Trinajstić information content (AvgIpc) is 2.72. The zero-order chi connectivity index (χ0) is 11.5. The van der Waals surface area contributed by atoms with Crippen LogP contribution < -0.4 is 15.2 Å². The lowest BCUT2D eigenvalue weighted by Gasteiger charge is -2.05. The average molecular weight is 238 g/mol. The smallest absolute Gasteiger partial charge is 0.149 e. The fourth-order valence-electron chi connectivity index (χ4n) is 1.62. The monoisotopic (exact) mass is 238 g/mol. The van der Waals surface area contributed by atoms with Crippen molar-refractivity contribution in [3.63, 3.8) is 0 Å². The molecule has 1 aromatic carbocycles. The first-order chi connectivity index (χ1) is 7.80. The highest BCUT2D eigenvalue weighted by Crippen LogP contribution is 2.34. The van der Waals surface area contributed by atoms with E-state index >= 15 is 0 Å². The first-order valence-electron chi connectivity index (χ1n) is 5.00. The van der Waals surface area contributed by atoms with E-state index in [1.165, 1.54) is 16.4 Å². The van der Waals surface area contributed by atoms with Gasteiger partial charge in [-0.15, -0.1) is 0 Å². The fourth-order valence-corrected chi connectivity index (χ4v) is 2.48. The van der Waals surface area contributed by atoms with Crippen LogP contribution in [0.3, 0.4) is 0 Å². The van der Waals surface area contributed by atoms with Gasteiger partial charge in [-0.3, -0.25) is 0 Å². The van der Waals surface area contributed by atoms with Gasteiger partial charge in [0.15, 0.2) is 0 Å². The molecular formula is C11H14N2O2S.